The first-order chi connectivity index (χ1) is 14.5. The van der Waals surface area contributed by atoms with Crippen molar-refractivity contribution in [2.24, 2.45) is 0 Å². The molecule has 0 fully saturated rings. The molecule has 1 heterocycles. The van der Waals surface area contributed by atoms with Crippen molar-refractivity contribution < 1.29 is 18.7 Å². The Hall–Kier alpha value is -3.81. The van der Waals surface area contributed by atoms with Gasteiger partial charge in [0.1, 0.15) is 11.4 Å². The van der Waals surface area contributed by atoms with Gasteiger partial charge in [-0.3, -0.25) is 4.79 Å². The molecule has 1 aromatic heterocycles. The van der Waals surface area contributed by atoms with E-state index in [2.05, 4.69) is 15.3 Å². The van der Waals surface area contributed by atoms with Gasteiger partial charge in [0.15, 0.2) is 11.5 Å². The van der Waals surface area contributed by atoms with Gasteiger partial charge in [0.25, 0.3) is 5.91 Å². The van der Waals surface area contributed by atoms with Gasteiger partial charge in [-0.05, 0) is 45.9 Å². The number of nitrogens with one attached hydrogen (secondary N) is 1. The summed E-state index contributed by atoms with van der Waals surface area (Å²) in [7, 11) is 0. The predicted octanol–water partition coefficient (Wildman–Crippen LogP) is 4.38. The van der Waals surface area contributed by atoms with E-state index in [0.717, 1.165) is 17.2 Å². The molecule has 8 heteroatoms. The summed E-state index contributed by atoms with van der Waals surface area (Å²) in [4.78, 5) is 33.1. The Morgan fingerprint density at radius 3 is 2.39 bits per heavy atom. The fourth-order valence-electron chi connectivity index (χ4n) is 2.71. The van der Waals surface area contributed by atoms with E-state index in [1.807, 2.05) is 31.2 Å². The third-order valence-electron chi connectivity index (χ3n) is 4.21. The number of halogens is 1. The molecule has 0 bridgehead atoms. The summed E-state index contributed by atoms with van der Waals surface area (Å²) in [6.45, 7) is 7.03. The highest BCUT2D eigenvalue weighted by molar-refractivity contribution is 6.06. The molecule has 31 heavy (non-hydrogen) atoms. The van der Waals surface area contributed by atoms with Crippen molar-refractivity contribution in [1.29, 1.82) is 0 Å². The quantitative estimate of drug-likeness (QED) is 0.604. The number of nitrogen functional groups attached to an aromatic ring is 1. The minimum Gasteiger partial charge on any atom is -0.456 e. The molecule has 0 aliphatic rings. The number of aromatic nitrogens is 2. The van der Waals surface area contributed by atoms with Crippen LogP contribution in [-0.4, -0.2) is 27.4 Å². The second-order valence-corrected chi connectivity index (χ2v) is 8.01. The molecular weight excluding hydrogens is 399 g/mol. The van der Waals surface area contributed by atoms with Crippen LogP contribution < -0.4 is 11.1 Å². The van der Waals surface area contributed by atoms with Gasteiger partial charge in [-0.15, -0.1) is 0 Å². The maximum Gasteiger partial charge on any atom is 0.341 e. The molecule has 3 rings (SSSR count). The van der Waals surface area contributed by atoms with E-state index in [1.54, 1.807) is 20.8 Å². The number of rotatable bonds is 4. The molecule has 1 amide bonds. The van der Waals surface area contributed by atoms with Gasteiger partial charge in [-0.25, -0.2) is 19.2 Å². The highest BCUT2D eigenvalue weighted by Crippen LogP contribution is 2.22. The molecule has 0 radical (unpaired) electrons. The maximum absolute atomic E-state index is 14.4. The molecule has 2 aromatic carbocycles. The third kappa shape index (κ3) is 5.42. The lowest BCUT2D eigenvalue weighted by Crippen LogP contribution is -2.24. The van der Waals surface area contributed by atoms with Crippen LogP contribution >= 0.6 is 0 Å². The molecule has 0 saturated carbocycles. The number of amides is 1. The Kier molecular flexibility index (Phi) is 6.01. The normalized spacial score (nSPS) is 11.1. The summed E-state index contributed by atoms with van der Waals surface area (Å²) < 4.78 is 19.6. The lowest BCUT2D eigenvalue weighted by atomic mass is 10.1. The van der Waals surface area contributed by atoms with Gasteiger partial charge in [-0.1, -0.05) is 29.8 Å². The largest absolute Gasteiger partial charge is 0.456 e. The molecule has 160 valence electrons. The van der Waals surface area contributed by atoms with E-state index in [9.17, 15) is 14.0 Å². The summed E-state index contributed by atoms with van der Waals surface area (Å²) in [6, 6.07) is 11.2. The summed E-state index contributed by atoms with van der Waals surface area (Å²) >= 11 is 0. The number of hydrogen-bond acceptors (Lipinski definition) is 6. The fourth-order valence-corrected chi connectivity index (χ4v) is 2.71. The van der Waals surface area contributed by atoms with E-state index in [4.69, 9.17) is 10.5 Å². The number of carbonyl (C=O) groups is 2. The first-order valence-electron chi connectivity index (χ1n) is 9.57. The highest BCUT2D eigenvalue weighted by atomic mass is 19.1. The Balaban J connectivity index is 1.81. The van der Waals surface area contributed by atoms with Crippen molar-refractivity contribution in [2.75, 3.05) is 11.1 Å². The molecule has 0 spiro atoms. The molecule has 7 nitrogen and oxygen atoms in total. The number of carbonyl (C=O) groups excluding carboxylic acids is 2. The summed E-state index contributed by atoms with van der Waals surface area (Å²) in [5.41, 5.74) is 7.23. The van der Waals surface area contributed by atoms with Crippen LogP contribution in [0.4, 0.5) is 15.9 Å². The molecule has 3 aromatic rings. The average molecular weight is 422 g/mol. The molecule has 0 aliphatic carbocycles. The second-order valence-electron chi connectivity index (χ2n) is 8.01. The zero-order valence-corrected chi connectivity index (χ0v) is 17.7. The number of benzene rings is 2. The molecular formula is C23H23FN4O3. The standard InChI is InChI=1S/C23H23FN4O3/c1-13-5-7-14(8-6-13)18-12-26-20(25)19(28-18)21(29)27-15-9-10-16(17(24)11-15)22(30)31-23(2,3)4/h5-12H,1-4H3,(H2,25,26)(H,27,29). The molecule has 0 unspecified atom stereocenters. The summed E-state index contributed by atoms with van der Waals surface area (Å²) in [6.07, 6.45) is 1.48. The summed E-state index contributed by atoms with van der Waals surface area (Å²) in [5.74, 6) is -2.31. The lowest BCUT2D eigenvalue weighted by Gasteiger charge is -2.19. The van der Waals surface area contributed by atoms with Crippen LogP contribution in [0.5, 0.6) is 0 Å². The Morgan fingerprint density at radius 2 is 1.77 bits per heavy atom. The van der Waals surface area contributed by atoms with Crippen molar-refractivity contribution in [3.8, 4) is 11.3 Å². The van der Waals surface area contributed by atoms with Crippen LogP contribution in [0.1, 0.15) is 47.2 Å². The zero-order chi connectivity index (χ0) is 22.8. The van der Waals surface area contributed by atoms with Gasteiger partial charge in [0.05, 0.1) is 17.5 Å². The number of aryl methyl sites for hydroxylation is 1. The lowest BCUT2D eigenvalue weighted by molar-refractivity contribution is 0.00647. The van der Waals surface area contributed by atoms with Gasteiger partial charge >= 0.3 is 5.97 Å². The van der Waals surface area contributed by atoms with Crippen molar-refractivity contribution in [3.05, 3.63) is 71.3 Å². The number of hydrogen-bond donors (Lipinski definition) is 2. The monoisotopic (exact) mass is 422 g/mol. The Labute approximate surface area is 179 Å². The van der Waals surface area contributed by atoms with Crippen LogP contribution in [0.15, 0.2) is 48.7 Å². The number of ether oxygens (including phenoxy) is 1. The number of anilines is 2. The predicted molar refractivity (Wildman–Crippen MR) is 116 cm³/mol. The van der Waals surface area contributed by atoms with Crippen LogP contribution in [0, 0.1) is 12.7 Å². The van der Waals surface area contributed by atoms with Crippen LogP contribution in [0.2, 0.25) is 0 Å². The number of nitrogens with two attached hydrogens (primary N) is 1. The Bertz CT molecular complexity index is 1140. The summed E-state index contributed by atoms with van der Waals surface area (Å²) in [5, 5.41) is 2.53. The zero-order valence-electron chi connectivity index (χ0n) is 17.7. The molecule has 3 N–H and O–H groups in total. The van der Waals surface area contributed by atoms with Crippen molar-refractivity contribution >= 4 is 23.4 Å². The molecule has 0 saturated heterocycles. The molecule has 0 atom stereocenters. The van der Waals surface area contributed by atoms with E-state index in [0.29, 0.717) is 5.69 Å². The van der Waals surface area contributed by atoms with Crippen LogP contribution in [-0.2, 0) is 4.74 Å². The van der Waals surface area contributed by atoms with E-state index < -0.39 is 23.3 Å². The minimum absolute atomic E-state index is 0.0563. The highest BCUT2D eigenvalue weighted by Gasteiger charge is 2.21. The van der Waals surface area contributed by atoms with Crippen molar-refractivity contribution in [1.82, 2.24) is 9.97 Å². The fraction of sp³-hybridized carbons (Fsp3) is 0.217. The van der Waals surface area contributed by atoms with E-state index in [1.165, 1.54) is 18.3 Å². The first kappa shape index (κ1) is 21.9. The average Bonchev–Trinajstić information content (AvgIpc) is 2.67. The van der Waals surface area contributed by atoms with Gasteiger partial charge in [0.2, 0.25) is 0 Å². The number of esters is 1. The van der Waals surface area contributed by atoms with Gasteiger partial charge in [-0.2, -0.15) is 0 Å². The van der Waals surface area contributed by atoms with Gasteiger partial charge < -0.3 is 15.8 Å². The van der Waals surface area contributed by atoms with Crippen molar-refractivity contribution in [2.45, 2.75) is 33.3 Å². The van der Waals surface area contributed by atoms with E-state index in [-0.39, 0.29) is 22.8 Å². The van der Waals surface area contributed by atoms with Crippen molar-refractivity contribution in [3.63, 3.8) is 0 Å². The first-order valence-corrected chi connectivity index (χ1v) is 9.57. The van der Waals surface area contributed by atoms with Crippen LogP contribution in [0.25, 0.3) is 11.3 Å². The SMILES string of the molecule is Cc1ccc(-c2cnc(N)c(C(=O)Nc3ccc(C(=O)OC(C)(C)C)c(F)c3)n2)cc1. The molecule has 0 aliphatic heterocycles. The number of nitrogens with zero attached hydrogens (tertiary/aromatic N) is 2. The van der Waals surface area contributed by atoms with Crippen LogP contribution in [0.3, 0.4) is 0 Å². The topological polar surface area (TPSA) is 107 Å². The van der Waals surface area contributed by atoms with Gasteiger partial charge in [0, 0.05) is 11.3 Å². The third-order valence-corrected chi connectivity index (χ3v) is 4.21. The maximum atomic E-state index is 14.4. The smallest absolute Gasteiger partial charge is 0.341 e. The van der Waals surface area contributed by atoms with E-state index >= 15 is 0 Å². The second kappa shape index (κ2) is 8.51. The minimum atomic E-state index is -0.820. The Morgan fingerprint density at radius 1 is 1.10 bits per heavy atom.